The zero-order valence-corrected chi connectivity index (χ0v) is 14.6. The van der Waals surface area contributed by atoms with Crippen LogP contribution in [0.2, 0.25) is 0 Å². The molecule has 5 heteroatoms. The van der Waals surface area contributed by atoms with E-state index in [9.17, 15) is 14.3 Å². The van der Waals surface area contributed by atoms with E-state index in [-0.39, 0.29) is 16.9 Å². The highest BCUT2D eigenvalue weighted by molar-refractivity contribution is 5.79. The third-order valence-electron chi connectivity index (χ3n) is 4.85. The molecule has 0 aliphatic carbocycles. The van der Waals surface area contributed by atoms with E-state index in [1.165, 1.54) is 22.8 Å². The number of hydrogen-bond acceptors (Lipinski definition) is 3. The highest BCUT2D eigenvalue weighted by Gasteiger charge is 2.44. The van der Waals surface area contributed by atoms with Crippen LogP contribution in [0.3, 0.4) is 0 Å². The van der Waals surface area contributed by atoms with Crippen molar-refractivity contribution in [1.29, 1.82) is 0 Å². The first-order valence-electron chi connectivity index (χ1n) is 8.71. The van der Waals surface area contributed by atoms with Crippen LogP contribution >= 0.6 is 0 Å². The van der Waals surface area contributed by atoms with Crippen LogP contribution < -0.4 is 5.56 Å². The third-order valence-corrected chi connectivity index (χ3v) is 4.85. The van der Waals surface area contributed by atoms with E-state index in [0.29, 0.717) is 22.2 Å². The fourth-order valence-corrected chi connectivity index (χ4v) is 3.52. The van der Waals surface area contributed by atoms with Crippen molar-refractivity contribution in [3.05, 3.63) is 106 Å². The number of aromatic nitrogens is 2. The van der Waals surface area contributed by atoms with Gasteiger partial charge in [0.15, 0.2) is 5.82 Å². The Labute approximate surface area is 159 Å². The standard InChI is InChI=1S/C23H13FN2O2/c24-16-10-11-20-18(14-16)23(28,13-12-15-6-2-1-3-7-15)22-25-19-9-5-4-8-17(19)21(27)26(20)22/h1-11,14,28H. The maximum absolute atomic E-state index is 14.0. The Bertz CT molecular complexity index is 1370. The zero-order valence-electron chi connectivity index (χ0n) is 14.6. The highest BCUT2D eigenvalue weighted by atomic mass is 19.1. The summed E-state index contributed by atoms with van der Waals surface area (Å²) in [4.78, 5) is 17.6. The molecule has 4 aromatic rings. The molecule has 28 heavy (non-hydrogen) atoms. The Hall–Kier alpha value is -3.75. The van der Waals surface area contributed by atoms with Gasteiger partial charge in [0, 0.05) is 11.1 Å². The van der Waals surface area contributed by atoms with Gasteiger partial charge in [-0.2, -0.15) is 0 Å². The van der Waals surface area contributed by atoms with Gasteiger partial charge in [0.1, 0.15) is 5.82 Å². The number of halogens is 1. The lowest BCUT2D eigenvalue weighted by atomic mass is 9.94. The van der Waals surface area contributed by atoms with Gasteiger partial charge in [-0.15, -0.1) is 0 Å². The van der Waals surface area contributed by atoms with Gasteiger partial charge < -0.3 is 5.11 Å². The summed E-state index contributed by atoms with van der Waals surface area (Å²) in [6.45, 7) is 0. The normalized spacial score (nSPS) is 16.9. The van der Waals surface area contributed by atoms with E-state index < -0.39 is 11.4 Å². The lowest BCUT2D eigenvalue weighted by Crippen LogP contribution is -2.29. The number of para-hydroxylation sites is 1. The number of benzene rings is 3. The number of nitrogens with zero attached hydrogens (tertiary/aromatic N) is 2. The number of rotatable bonds is 0. The van der Waals surface area contributed by atoms with Gasteiger partial charge in [-0.05, 0) is 48.4 Å². The van der Waals surface area contributed by atoms with Crippen LogP contribution in [0.15, 0.2) is 77.6 Å². The zero-order chi connectivity index (χ0) is 19.3. The summed E-state index contributed by atoms with van der Waals surface area (Å²) in [5.74, 6) is 5.29. The molecule has 1 aliphatic heterocycles. The van der Waals surface area contributed by atoms with Crippen molar-refractivity contribution in [2.45, 2.75) is 5.60 Å². The van der Waals surface area contributed by atoms with Crippen molar-refractivity contribution in [2.75, 3.05) is 0 Å². The second kappa shape index (κ2) is 5.88. The van der Waals surface area contributed by atoms with Crippen molar-refractivity contribution in [3.63, 3.8) is 0 Å². The van der Waals surface area contributed by atoms with Crippen LogP contribution in [-0.4, -0.2) is 14.7 Å². The van der Waals surface area contributed by atoms with Crippen molar-refractivity contribution in [1.82, 2.24) is 9.55 Å². The quantitative estimate of drug-likeness (QED) is 0.485. The molecule has 0 radical (unpaired) electrons. The molecule has 0 fully saturated rings. The molecule has 4 nitrogen and oxygen atoms in total. The summed E-state index contributed by atoms with van der Waals surface area (Å²) < 4.78 is 15.3. The fraction of sp³-hybridized carbons (Fsp3) is 0.0435. The number of fused-ring (bicyclic) bond motifs is 4. The number of hydrogen-bond donors (Lipinski definition) is 1. The monoisotopic (exact) mass is 368 g/mol. The minimum absolute atomic E-state index is 0.0697. The van der Waals surface area contributed by atoms with Gasteiger partial charge in [0.2, 0.25) is 5.60 Å². The Morgan fingerprint density at radius 2 is 1.75 bits per heavy atom. The minimum Gasteiger partial charge on any atom is -0.367 e. The molecular weight excluding hydrogens is 355 g/mol. The SMILES string of the molecule is O=c1c2ccccc2nc2n1-c1ccc(F)cc1C2(O)C#Cc1ccccc1. The van der Waals surface area contributed by atoms with Crippen molar-refractivity contribution in [3.8, 4) is 17.5 Å². The lowest BCUT2D eigenvalue weighted by molar-refractivity contribution is 0.141. The molecule has 5 rings (SSSR count). The van der Waals surface area contributed by atoms with Crippen LogP contribution in [0.4, 0.5) is 4.39 Å². The molecule has 0 saturated carbocycles. The Balaban J connectivity index is 1.86. The number of aliphatic hydroxyl groups is 1. The van der Waals surface area contributed by atoms with Gasteiger partial charge >= 0.3 is 0 Å². The van der Waals surface area contributed by atoms with Gasteiger partial charge in [-0.25, -0.2) is 9.37 Å². The summed E-state index contributed by atoms with van der Waals surface area (Å²) >= 11 is 0. The summed E-state index contributed by atoms with van der Waals surface area (Å²) in [7, 11) is 0. The molecule has 0 bridgehead atoms. The average Bonchev–Trinajstić information content (AvgIpc) is 2.96. The van der Waals surface area contributed by atoms with Crippen LogP contribution in [0, 0.1) is 17.7 Å². The van der Waals surface area contributed by atoms with Crippen LogP contribution in [0.5, 0.6) is 0 Å². The van der Waals surface area contributed by atoms with Gasteiger partial charge in [0.25, 0.3) is 5.56 Å². The first-order valence-corrected chi connectivity index (χ1v) is 8.71. The molecule has 3 aromatic carbocycles. The van der Waals surface area contributed by atoms with E-state index in [1.54, 1.807) is 36.4 Å². The van der Waals surface area contributed by atoms with Crippen molar-refractivity contribution >= 4 is 10.9 Å². The maximum Gasteiger partial charge on any atom is 0.266 e. The van der Waals surface area contributed by atoms with Crippen LogP contribution in [0.25, 0.3) is 16.6 Å². The maximum atomic E-state index is 14.0. The molecule has 1 aliphatic rings. The van der Waals surface area contributed by atoms with E-state index in [1.807, 2.05) is 18.2 Å². The van der Waals surface area contributed by atoms with E-state index >= 15 is 0 Å². The molecule has 2 heterocycles. The molecule has 1 atom stereocenters. The van der Waals surface area contributed by atoms with Crippen LogP contribution in [-0.2, 0) is 5.60 Å². The Morgan fingerprint density at radius 3 is 2.57 bits per heavy atom. The van der Waals surface area contributed by atoms with Crippen LogP contribution in [0.1, 0.15) is 17.0 Å². The second-order valence-electron chi connectivity index (χ2n) is 6.58. The summed E-state index contributed by atoms with van der Waals surface area (Å²) in [5.41, 5.74) is -0.509. The van der Waals surface area contributed by atoms with Crippen molar-refractivity contribution < 1.29 is 9.50 Å². The highest BCUT2D eigenvalue weighted by Crippen LogP contribution is 2.39. The summed E-state index contributed by atoms with van der Waals surface area (Å²) in [6, 6.07) is 20.0. The molecule has 134 valence electrons. The first-order chi connectivity index (χ1) is 13.6. The largest absolute Gasteiger partial charge is 0.367 e. The average molecular weight is 368 g/mol. The predicted octanol–water partition coefficient (Wildman–Crippen LogP) is 3.13. The molecule has 1 aromatic heterocycles. The first kappa shape index (κ1) is 16.4. The van der Waals surface area contributed by atoms with Gasteiger partial charge in [-0.1, -0.05) is 36.3 Å². The molecule has 1 unspecified atom stereocenters. The third kappa shape index (κ3) is 2.29. The lowest BCUT2D eigenvalue weighted by Gasteiger charge is -2.16. The Morgan fingerprint density at radius 1 is 1.00 bits per heavy atom. The topological polar surface area (TPSA) is 55.1 Å². The van der Waals surface area contributed by atoms with E-state index in [4.69, 9.17) is 0 Å². The molecular formula is C23H13FN2O2. The summed E-state index contributed by atoms with van der Waals surface area (Å²) in [6.07, 6.45) is 0. The minimum atomic E-state index is -1.91. The predicted molar refractivity (Wildman–Crippen MR) is 104 cm³/mol. The molecule has 0 spiro atoms. The second-order valence-corrected chi connectivity index (χ2v) is 6.58. The molecule has 1 N–H and O–H groups in total. The van der Waals surface area contributed by atoms with Gasteiger partial charge in [-0.3, -0.25) is 9.36 Å². The fourth-order valence-electron chi connectivity index (χ4n) is 3.52. The summed E-state index contributed by atoms with van der Waals surface area (Å²) in [5, 5.41) is 11.9. The smallest absolute Gasteiger partial charge is 0.266 e. The van der Waals surface area contributed by atoms with Crippen molar-refractivity contribution in [2.24, 2.45) is 0 Å². The molecule has 0 saturated heterocycles. The Kier molecular flexibility index (Phi) is 3.45. The van der Waals surface area contributed by atoms with Gasteiger partial charge in [0.05, 0.1) is 16.6 Å². The van der Waals surface area contributed by atoms with E-state index in [0.717, 1.165) is 0 Å². The van der Waals surface area contributed by atoms with E-state index in [2.05, 4.69) is 16.8 Å². The molecule has 0 amide bonds.